The first kappa shape index (κ1) is 15.5. The van der Waals surface area contributed by atoms with Gasteiger partial charge in [-0.2, -0.15) is 0 Å². The van der Waals surface area contributed by atoms with Crippen molar-refractivity contribution >= 4 is 11.6 Å². The minimum Gasteiger partial charge on any atom is -0.391 e. The third kappa shape index (κ3) is 5.30. The Bertz CT molecular complexity index is 398. The highest BCUT2D eigenvalue weighted by atomic mass is 16.3. The maximum absolute atomic E-state index is 11.8. The molecule has 0 heterocycles. The van der Waals surface area contributed by atoms with Crippen LogP contribution in [0.1, 0.15) is 20.8 Å². The van der Waals surface area contributed by atoms with Crippen LogP contribution in [0.4, 0.5) is 5.69 Å². The molecule has 19 heavy (non-hydrogen) atoms. The Kier molecular flexibility index (Phi) is 5.36. The summed E-state index contributed by atoms with van der Waals surface area (Å²) in [6.07, 6.45) is -0.543. The smallest absolute Gasteiger partial charge is 0.239 e. The average Bonchev–Trinajstić information content (AvgIpc) is 2.35. The van der Waals surface area contributed by atoms with Crippen molar-refractivity contribution in [1.29, 1.82) is 0 Å². The molecule has 1 amide bonds. The molecule has 1 unspecified atom stereocenters. The molecule has 0 spiro atoms. The lowest BCUT2D eigenvalue weighted by molar-refractivity contribution is -0.120. The van der Waals surface area contributed by atoms with Gasteiger partial charge in [0.1, 0.15) is 0 Å². The summed E-state index contributed by atoms with van der Waals surface area (Å²) >= 11 is 0. The molecule has 0 aliphatic rings. The van der Waals surface area contributed by atoms with Gasteiger partial charge >= 0.3 is 0 Å². The third-order valence-electron chi connectivity index (χ3n) is 3.07. The predicted octanol–water partition coefficient (Wildman–Crippen LogP) is 1.65. The molecule has 0 saturated heterocycles. The van der Waals surface area contributed by atoms with E-state index in [1.54, 1.807) is 0 Å². The Morgan fingerprint density at radius 1 is 1.32 bits per heavy atom. The zero-order chi connectivity index (χ0) is 14.5. The molecule has 4 heteroatoms. The molecule has 1 aromatic carbocycles. The van der Waals surface area contributed by atoms with Gasteiger partial charge in [0.2, 0.25) is 5.91 Å². The number of para-hydroxylation sites is 1. The van der Waals surface area contributed by atoms with Crippen LogP contribution < -0.4 is 10.2 Å². The maximum Gasteiger partial charge on any atom is 0.239 e. The molecule has 0 bridgehead atoms. The second kappa shape index (κ2) is 6.57. The van der Waals surface area contributed by atoms with Gasteiger partial charge in [-0.3, -0.25) is 4.79 Å². The molecule has 0 aliphatic heterocycles. The van der Waals surface area contributed by atoms with Crippen molar-refractivity contribution < 1.29 is 9.90 Å². The highest BCUT2D eigenvalue weighted by Gasteiger charge is 2.22. The van der Waals surface area contributed by atoms with Crippen LogP contribution >= 0.6 is 0 Å². The fraction of sp³-hybridized carbons (Fsp3) is 0.533. The van der Waals surface area contributed by atoms with E-state index in [0.29, 0.717) is 0 Å². The van der Waals surface area contributed by atoms with Crippen molar-refractivity contribution in [2.24, 2.45) is 5.41 Å². The van der Waals surface area contributed by atoms with Crippen LogP contribution in [0.25, 0.3) is 0 Å². The molecule has 0 radical (unpaired) electrons. The molecule has 0 aliphatic carbocycles. The number of aliphatic hydroxyl groups is 1. The number of carbonyl (C=O) groups is 1. The van der Waals surface area contributed by atoms with Crippen molar-refractivity contribution in [2.75, 3.05) is 25.0 Å². The minimum atomic E-state index is -0.543. The Labute approximate surface area is 115 Å². The quantitative estimate of drug-likeness (QED) is 0.850. The van der Waals surface area contributed by atoms with Crippen LogP contribution in [-0.4, -0.2) is 37.3 Å². The van der Waals surface area contributed by atoms with Gasteiger partial charge in [-0.05, 0) is 17.5 Å². The number of anilines is 1. The molecule has 0 fully saturated rings. The minimum absolute atomic E-state index is 0.0883. The van der Waals surface area contributed by atoms with Gasteiger partial charge in [0, 0.05) is 19.3 Å². The third-order valence-corrected chi connectivity index (χ3v) is 3.07. The molecule has 0 saturated carbocycles. The summed E-state index contributed by atoms with van der Waals surface area (Å²) in [6.45, 7) is 6.39. The first-order chi connectivity index (χ1) is 8.80. The van der Waals surface area contributed by atoms with Crippen LogP contribution in [-0.2, 0) is 4.79 Å². The Hall–Kier alpha value is -1.55. The van der Waals surface area contributed by atoms with Crippen LogP contribution in [0.2, 0.25) is 0 Å². The van der Waals surface area contributed by atoms with Crippen molar-refractivity contribution in [3.8, 4) is 0 Å². The molecule has 1 rings (SSSR count). The second-order valence-corrected chi connectivity index (χ2v) is 5.88. The van der Waals surface area contributed by atoms with Gasteiger partial charge in [-0.15, -0.1) is 0 Å². The summed E-state index contributed by atoms with van der Waals surface area (Å²) in [5.41, 5.74) is 0.771. The lowest BCUT2D eigenvalue weighted by Gasteiger charge is -2.26. The van der Waals surface area contributed by atoms with Crippen molar-refractivity contribution in [3.63, 3.8) is 0 Å². The summed E-state index contributed by atoms with van der Waals surface area (Å²) in [7, 11) is 1.87. The SMILES string of the molecule is CN(CC(=O)NCC(O)C(C)(C)C)c1ccccc1. The van der Waals surface area contributed by atoms with E-state index in [4.69, 9.17) is 0 Å². The number of hydrogen-bond acceptors (Lipinski definition) is 3. The highest BCUT2D eigenvalue weighted by Crippen LogP contribution is 2.18. The first-order valence-corrected chi connectivity index (χ1v) is 6.51. The van der Waals surface area contributed by atoms with Gasteiger partial charge in [0.25, 0.3) is 0 Å². The molecule has 4 nitrogen and oxygen atoms in total. The van der Waals surface area contributed by atoms with E-state index in [0.717, 1.165) is 5.69 Å². The number of nitrogens with zero attached hydrogens (tertiary/aromatic N) is 1. The fourth-order valence-corrected chi connectivity index (χ4v) is 1.56. The van der Waals surface area contributed by atoms with E-state index in [-0.39, 0.29) is 24.4 Å². The summed E-state index contributed by atoms with van der Waals surface area (Å²) in [5, 5.41) is 12.6. The Morgan fingerprint density at radius 2 is 1.89 bits per heavy atom. The van der Waals surface area contributed by atoms with Gasteiger partial charge in [0.05, 0.1) is 12.6 Å². The Morgan fingerprint density at radius 3 is 2.42 bits per heavy atom. The van der Waals surface area contributed by atoms with Crippen molar-refractivity contribution in [3.05, 3.63) is 30.3 Å². The number of carbonyl (C=O) groups excluding carboxylic acids is 1. The van der Waals surface area contributed by atoms with Crippen LogP contribution in [0.5, 0.6) is 0 Å². The topological polar surface area (TPSA) is 52.6 Å². The van der Waals surface area contributed by atoms with Crippen LogP contribution in [0, 0.1) is 5.41 Å². The normalized spacial score (nSPS) is 12.9. The van der Waals surface area contributed by atoms with Gasteiger partial charge in [-0.1, -0.05) is 39.0 Å². The number of aliphatic hydroxyl groups excluding tert-OH is 1. The fourth-order valence-electron chi connectivity index (χ4n) is 1.56. The standard InChI is InChI=1S/C15H24N2O2/c1-15(2,3)13(18)10-16-14(19)11-17(4)12-8-6-5-7-9-12/h5-9,13,18H,10-11H2,1-4H3,(H,16,19). The second-order valence-electron chi connectivity index (χ2n) is 5.88. The predicted molar refractivity (Wildman–Crippen MR) is 78.2 cm³/mol. The highest BCUT2D eigenvalue weighted by molar-refractivity contribution is 5.81. The number of benzene rings is 1. The van der Waals surface area contributed by atoms with Gasteiger partial charge < -0.3 is 15.3 Å². The number of rotatable bonds is 5. The molecular weight excluding hydrogens is 240 g/mol. The lowest BCUT2D eigenvalue weighted by atomic mass is 9.89. The molecule has 0 aromatic heterocycles. The summed E-state index contributed by atoms with van der Waals surface area (Å²) in [4.78, 5) is 13.7. The number of hydrogen-bond donors (Lipinski definition) is 2. The summed E-state index contributed by atoms with van der Waals surface area (Å²) in [5.74, 6) is -0.0883. The van der Waals surface area contributed by atoms with Crippen molar-refractivity contribution in [2.45, 2.75) is 26.9 Å². The number of likely N-dealkylation sites (N-methyl/N-ethyl adjacent to an activating group) is 1. The van der Waals surface area contributed by atoms with Crippen LogP contribution in [0.3, 0.4) is 0 Å². The number of nitrogens with one attached hydrogen (secondary N) is 1. The molecule has 2 N–H and O–H groups in total. The van der Waals surface area contributed by atoms with E-state index in [2.05, 4.69) is 5.32 Å². The first-order valence-electron chi connectivity index (χ1n) is 6.51. The van der Waals surface area contributed by atoms with E-state index >= 15 is 0 Å². The zero-order valence-electron chi connectivity index (χ0n) is 12.2. The summed E-state index contributed by atoms with van der Waals surface area (Å²) < 4.78 is 0. The van der Waals surface area contributed by atoms with Gasteiger partial charge in [0.15, 0.2) is 0 Å². The van der Waals surface area contributed by atoms with E-state index < -0.39 is 6.10 Å². The molecule has 1 atom stereocenters. The largest absolute Gasteiger partial charge is 0.391 e. The van der Waals surface area contributed by atoms with Crippen molar-refractivity contribution in [1.82, 2.24) is 5.32 Å². The lowest BCUT2D eigenvalue weighted by Crippen LogP contribution is -2.42. The Balaban J connectivity index is 2.40. The van der Waals surface area contributed by atoms with E-state index in [1.807, 2.05) is 63.1 Å². The molecule has 1 aromatic rings. The van der Waals surface area contributed by atoms with Gasteiger partial charge in [-0.25, -0.2) is 0 Å². The zero-order valence-corrected chi connectivity index (χ0v) is 12.2. The summed E-state index contributed by atoms with van der Waals surface area (Å²) in [6, 6.07) is 9.73. The van der Waals surface area contributed by atoms with E-state index in [1.165, 1.54) is 0 Å². The molecular formula is C15H24N2O2. The van der Waals surface area contributed by atoms with Crippen LogP contribution in [0.15, 0.2) is 30.3 Å². The number of amides is 1. The maximum atomic E-state index is 11.8. The van der Waals surface area contributed by atoms with E-state index in [9.17, 15) is 9.90 Å². The average molecular weight is 264 g/mol. The molecule has 106 valence electrons. The monoisotopic (exact) mass is 264 g/mol.